The molecule has 0 aromatic heterocycles. The lowest BCUT2D eigenvalue weighted by molar-refractivity contribution is -0.137. The summed E-state index contributed by atoms with van der Waals surface area (Å²) in [4.78, 5) is 2.18. The van der Waals surface area contributed by atoms with Gasteiger partial charge in [-0.25, -0.2) is 0 Å². The number of hydrogen-bond donors (Lipinski definition) is 1. The molecule has 100 valence electrons. The van der Waals surface area contributed by atoms with Crippen LogP contribution in [0.2, 0.25) is 0 Å². The molecular formula is C13H17F3N2. The highest BCUT2D eigenvalue weighted by Gasteiger charge is 2.30. The number of benzene rings is 1. The van der Waals surface area contributed by atoms with Gasteiger partial charge in [-0.05, 0) is 23.6 Å². The van der Waals surface area contributed by atoms with Crippen LogP contribution in [-0.2, 0) is 12.7 Å². The average molecular weight is 258 g/mol. The third-order valence-electron chi connectivity index (χ3n) is 3.43. The zero-order valence-corrected chi connectivity index (χ0v) is 10.2. The Balaban J connectivity index is 1.99. The maximum Gasteiger partial charge on any atom is 0.416 e. The van der Waals surface area contributed by atoms with Gasteiger partial charge in [-0.3, -0.25) is 4.90 Å². The average Bonchev–Trinajstić information content (AvgIpc) is 2.57. The van der Waals surface area contributed by atoms with E-state index in [1.54, 1.807) is 0 Å². The molecule has 2 rings (SSSR count). The van der Waals surface area contributed by atoms with Crippen molar-refractivity contribution in [2.45, 2.75) is 25.7 Å². The maximum absolute atomic E-state index is 12.4. The second-order valence-electron chi connectivity index (χ2n) is 5.03. The van der Waals surface area contributed by atoms with Crippen LogP contribution in [-0.4, -0.2) is 24.0 Å². The minimum Gasteiger partial charge on any atom is -0.326 e. The Labute approximate surface area is 105 Å². The maximum atomic E-state index is 12.4. The SMILES string of the molecule is CC1CN(Cc2ccc(C(F)(F)F)cc2)CC1N. The van der Waals surface area contributed by atoms with Gasteiger partial charge in [-0.15, -0.1) is 0 Å². The van der Waals surface area contributed by atoms with E-state index in [1.165, 1.54) is 12.1 Å². The number of likely N-dealkylation sites (tertiary alicyclic amines) is 1. The number of halogens is 3. The molecule has 1 fully saturated rings. The second-order valence-corrected chi connectivity index (χ2v) is 5.03. The molecule has 1 aromatic rings. The number of hydrogen-bond acceptors (Lipinski definition) is 2. The van der Waals surface area contributed by atoms with Crippen molar-refractivity contribution in [2.24, 2.45) is 11.7 Å². The van der Waals surface area contributed by atoms with Gasteiger partial charge in [0.2, 0.25) is 0 Å². The van der Waals surface area contributed by atoms with E-state index in [1.807, 2.05) is 0 Å². The van der Waals surface area contributed by atoms with Crippen LogP contribution in [0.3, 0.4) is 0 Å². The molecule has 1 aliphatic heterocycles. The molecule has 0 radical (unpaired) electrons. The third-order valence-corrected chi connectivity index (χ3v) is 3.43. The molecule has 0 saturated carbocycles. The minimum atomic E-state index is -4.26. The van der Waals surface area contributed by atoms with Crippen LogP contribution in [0.15, 0.2) is 24.3 Å². The number of alkyl halides is 3. The number of nitrogens with zero attached hydrogens (tertiary/aromatic N) is 1. The van der Waals surface area contributed by atoms with Crippen molar-refractivity contribution < 1.29 is 13.2 Å². The fourth-order valence-electron chi connectivity index (χ4n) is 2.28. The van der Waals surface area contributed by atoms with E-state index in [2.05, 4.69) is 11.8 Å². The van der Waals surface area contributed by atoms with Crippen LogP contribution >= 0.6 is 0 Å². The Morgan fingerprint density at radius 2 is 1.83 bits per heavy atom. The molecule has 5 heteroatoms. The fraction of sp³-hybridized carbons (Fsp3) is 0.538. The summed E-state index contributed by atoms with van der Waals surface area (Å²) in [5.41, 5.74) is 6.21. The smallest absolute Gasteiger partial charge is 0.326 e. The molecule has 2 atom stereocenters. The normalized spacial score (nSPS) is 25.6. The predicted molar refractivity (Wildman–Crippen MR) is 63.9 cm³/mol. The van der Waals surface area contributed by atoms with Crippen LogP contribution in [0, 0.1) is 5.92 Å². The summed E-state index contributed by atoms with van der Waals surface area (Å²) in [6.45, 7) is 4.47. The highest BCUT2D eigenvalue weighted by Crippen LogP contribution is 2.29. The highest BCUT2D eigenvalue weighted by atomic mass is 19.4. The molecule has 0 amide bonds. The Hall–Kier alpha value is -1.07. The van der Waals surface area contributed by atoms with Crippen molar-refractivity contribution >= 4 is 0 Å². The van der Waals surface area contributed by atoms with E-state index in [9.17, 15) is 13.2 Å². The molecule has 2 nitrogen and oxygen atoms in total. The van der Waals surface area contributed by atoms with Gasteiger partial charge in [0, 0.05) is 25.7 Å². The minimum absolute atomic E-state index is 0.166. The van der Waals surface area contributed by atoms with Crippen molar-refractivity contribution in [2.75, 3.05) is 13.1 Å². The predicted octanol–water partition coefficient (Wildman–Crippen LogP) is 2.48. The van der Waals surface area contributed by atoms with Gasteiger partial charge in [0.1, 0.15) is 0 Å². The first-order valence-electron chi connectivity index (χ1n) is 6.00. The van der Waals surface area contributed by atoms with Gasteiger partial charge in [0.15, 0.2) is 0 Å². The number of nitrogens with two attached hydrogens (primary N) is 1. The van der Waals surface area contributed by atoms with E-state index in [0.717, 1.165) is 30.8 Å². The molecule has 1 heterocycles. The van der Waals surface area contributed by atoms with Crippen LogP contribution in [0.5, 0.6) is 0 Å². The van der Waals surface area contributed by atoms with Crippen LogP contribution in [0.4, 0.5) is 13.2 Å². The molecule has 2 N–H and O–H groups in total. The molecule has 1 aromatic carbocycles. The van der Waals surface area contributed by atoms with Crippen molar-refractivity contribution in [3.05, 3.63) is 35.4 Å². The van der Waals surface area contributed by atoms with Crippen LogP contribution < -0.4 is 5.73 Å². The lowest BCUT2D eigenvalue weighted by Gasteiger charge is -2.15. The quantitative estimate of drug-likeness (QED) is 0.883. The van der Waals surface area contributed by atoms with Crippen LogP contribution in [0.25, 0.3) is 0 Å². The monoisotopic (exact) mass is 258 g/mol. The molecule has 2 unspecified atom stereocenters. The van der Waals surface area contributed by atoms with Crippen molar-refractivity contribution in [3.8, 4) is 0 Å². The van der Waals surface area contributed by atoms with Crippen molar-refractivity contribution in [1.29, 1.82) is 0 Å². The van der Waals surface area contributed by atoms with Gasteiger partial charge in [0.05, 0.1) is 5.56 Å². The highest BCUT2D eigenvalue weighted by molar-refractivity contribution is 5.24. The topological polar surface area (TPSA) is 29.3 Å². The lowest BCUT2D eigenvalue weighted by atomic mass is 10.1. The summed E-state index contributed by atoms with van der Waals surface area (Å²) < 4.78 is 37.2. The molecular weight excluding hydrogens is 241 g/mol. The van der Waals surface area contributed by atoms with Gasteiger partial charge in [-0.1, -0.05) is 19.1 Å². The van der Waals surface area contributed by atoms with E-state index < -0.39 is 11.7 Å². The Bertz CT molecular complexity index is 390. The van der Waals surface area contributed by atoms with E-state index in [0.29, 0.717) is 12.5 Å². The molecule has 1 saturated heterocycles. The standard InChI is InChI=1S/C13H17F3N2/c1-9-6-18(8-12(9)17)7-10-2-4-11(5-3-10)13(14,15)16/h2-5,9,12H,6-8,17H2,1H3. The summed E-state index contributed by atoms with van der Waals surface area (Å²) in [7, 11) is 0. The molecule has 18 heavy (non-hydrogen) atoms. The zero-order chi connectivity index (χ0) is 13.3. The van der Waals surface area contributed by atoms with Gasteiger partial charge >= 0.3 is 6.18 Å². The zero-order valence-electron chi connectivity index (χ0n) is 10.2. The fourth-order valence-corrected chi connectivity index (χ4v) is 2.28. The Morgan fingerprint density at radius 3 is 2.28 bits per heavy atom. The largest absolute Gasteiger partial charge is 0.416 e. The van der Waals surface area contributed by atoms with Crippen molar-refractivity contribution in [3.63, 3.8) is 0 Å². The molecule has 1 aliphatic rings. The summed E-state index contributed by atoms with van der Waals surface area (Å²) in [6, 6.07) is 5.51. The summed E-state index contributed by atoms with van der Waals surface area (Å²) >= 11 is 0. The second kappa shape index (κ2) is 4.90. The van der Waals surface area contributed by atoms with E-state index >= 15 is 0 Å². The molecule has 0 bridgehead atoms. The van der Waals surface area contributed by atoms with Gasteiger partial charge < -0.3 is 5.73 Å². The molecule has 0 aliphatic carbocycles. The van der Waals surface area contributed by atoms with Crippen LogP contribution in [0.1, 0.15) is 18.1 Å². The summed E-state index contributed by atoms with van der Waals surface area (Å²) in [5, 5.41) is 0. The summed E-state index contributed by atoms with van der Waals surface area (Å²) in [5.74, 6) is 0.444. The third kappa shape index (κ3) is 3.03. The first-order chi connectivity index (χ1) is 8.36. The first-order valence-corrected chi connectivity index (χ1v) is 6.00. The summed E-state index contributed by atoms with van der Waals surface area (Å²) in [6.07, 6.45) is -4.26. The first kappa shape index (κ1) is 13.4. The molecule has 0 spiro atoms. The Morgan fingerprint density at radius 1 is 1.22 bits per heavy atom. The van der Waals surface area contributed by atoms with Gasteiger partial charge in [0.25, 0.3) is 0 Å². The van der Waals surface area contributed by atoms with Gasteiger partial charge in [-0.2, -0.15) is 13.2 Å². The van der Waals surface area contributed by atoms with E-state index in [-0.39, 0.29) is 6.04 Å². The van der Waals surface area contributed by atoms with E-state index in [4.69, 9.17) is 5.73 Å². The number of rotatable bonds is 2. The lowest BCUT2D eigenvalue weighted by Crippen LogP contribution is -2.28. The Kier molecular flexibility index (Phi) is 3.64. The van der Waals surface area contributed by atoms with Crippen molar-refractivity contribution in [1.82, 2.24) is 4.90 Å².